The molecule has 1 aliphatic heterocycles. The van der Waals surface area contributed by atoms with Crippen LogP contribution in [0.4, 0.5) is 0 Å². The number of benzene rings is 3. The maximum Gasteiger partial charge on any atom is 0.243 e. The normalized spacial score (nSPS) is 17.6. The Morgan fingerprint density at radius 3 is 2.35 bits per heavy atom. The summed E-state index contributed by atoms with van der Waals surface area (Å²) in [5.41, 5.74) is 3.10. The van der Waals surface area contributed by atoms with Crippen molar-refractivity contribution in [2.24, 2.45) is 5.92 Å². The van der Waals surface area contributed by atoms with E-state index in [1.54, 1.807) is 24.3 Å². The summed E-state index contributed by atoms with van der Waals surface area (Å²) in [5, 5.41) is 3.21. The van der Waals surface area contributed by atoms with Crippen molar-refractivity contribution in [1.29, 1.82) is 0 Å². The maximum atomic E-state index is 13.4. The third-order valence-corrected chi connectivity index (χ3v) is 8.25. The Bertz CT molecular complexity index is 1230. The van der Waals surface area contributed by atoms with Gasteiger partial charge in [-0.3, -0.25) is 4.79 Å². The van der Waals surface area contributed by atoms with Crippen molar-refractivity contribution < 1.29 is 17.9 Å². The summed E-state index contributed by atoms with van der Waals surface area (Å²) in [6.07, 6.45) is 1.28. The molecule has 1 aliphatic rings. The molecule has 1 heterocycles. The lowest BCUT2D eigenvalue weighted by Gasteiger charge is -2.32. The number of carbonyl (C=O) groups excluding carboxylic acids is 1. The average Bonchev–Trinajstić information content (AvgIpc) is 2.88. The van der Waals surface area contributed by atoms with Gasteiger partial charge in [0.05, 0.1) is 24.0 Å². The van der Waals surface area contributed by atoms with Crippen molar-refractivity contribution in [2.45, 2.75) is 30.7 Å². The third-order valence-electron chi connectivity index (χ3n) is 6.37. The highest BCUT2D eigenvalue weighted by Gasteiger charge is 2.34. The van der Waals surface area contributed by atoms with Gasteiger partial charge in [-0.1, -0.05) is 54.6 Å². The molecule has 0 bridgehead atoms. The Labute approximate surface area is 201 Å². The van der Waals surface area contributed by atoms with Crippen molar-refractivity contribution in [3.63, 3.8) is 0 Å². The average molecular weight is 479 g/mol. The number of piperidine rings is 1. The number of amides is 1. The van der Waals surface area contributed by atoms with E-state index in [0.29, 0.717) is 25.1 Å². The SMILES string of the molecule is COc1ccc(S(=O)(=O)N2CCC[C@@H](C(=O)N[C@H](c3ccccc3)c3ccccc3C)C2)cc1. The minimum atomic E-state index is -3.70. The number of sulfonamides is 1. The molecule has 1 saturated heterocycles. The first-order valence-electron chi connectivity index (χ1n) is 11.4. The molecule has 0 aliphatic carbocycles. The van der Waals surface area contributed by atoms with E-state index < -0.39 is 15.9 Å². The van der Waals surface area contributed by atoms with Crippen LogP contribution in [0.25, 0.3) is 0 Å². The largest absolute Gasteiger partial charge is 0.497 e. The van der Waals surface area contributed by atoms with Gasteiger partial charge in [-0.05, 0) is 60.7 Å². The number of nitrogens with zero attached hydrogens (tertiary/aromatic N) is 1. The molecule has 3 aromatic rings. The van der Waals surface area contributed by atoms with Crippen LogP contribution in [0.15, 0.2) is 83.8 Å². The fraction of sp³-hybridized carbons (Fsp3) is 0.296. The van der Waals surface area contributed by atoms with Gasteiger partial charge >= 0.3 is 0 Å². The van der Waals surface area contributed by atoms with E-state index in [9.17, 15) is 13.2 Å². The van der Waals surface area contributed by atoms with E-state index in [1.807, 2.05) is 61.5 Å². The van der Waals surface area contributed by atoms with Gasteiger partial charge in [0.2, 0.25) is 15.9 Å². The van der Waals surface area contributed by atoms with Crippen LogP contribution in [-0.4, -0.2) is 38.8 Å². The molecule has 0 radical (unpaired) electrons. The van der Waals surface area contributed by atoms with E-state index in [2.05, 4.69) is 5.32 Å². The second-order valence-electron chi connectivity index (χ2n) is 8.59. The number of nitrogens with one attached hydrogen (secondary N) is 1. The van der Waals surface area contributed by atoms with E-state index in [-0.39, 0.29) is 23.4 Å². The molecule has 3 aromatic carbocycles. The summed E-state index contributed by atoms with van der Waals surface area (Å²) in [6.45, 7) is 2.59. The molecule has 0 unspecified atom stereocenters. The Balaban J connectivity index is 1.54. The van der Waals surface area contributed by atoms with Crippen LogP contribution >= 0.6 is 0 Å². The van der Waals surface area contributed by atoms with Crippen LogP contribution in [0.2, 0.25) is 0 Å². The first kappa shape index (κ1) is 24.0. The van der Waals surface area contributed by atoms with E-state index in [4.69, 9.17) is 4.74 Å². The Morgan fingerprint density at radius 1 is 1.00 bits per heavy atom. The monoisotopic (exact) mass is 478 g/mol. The zero-order valence-corrected chi connectivity index (χ0v) is 20.3. The van der Waals surface area contributed by atoms with Gasteiger partial charge in [0.25, 0.3) is 0 Å². The van der Waals surface area contributed by atoms with Gasteiger partial charge in [0, 0.05) is 13.1 Å². The topological polar surface area (TPSA) is 75.7 Å². The van der Waals surface area contributed by atoms with E-state index >= 15 is 0 Å². The van der Waals surface area contributed by atoms with E-state index in [1.165, 1.54) is 11.4 Å². The van der Waals surface area contributed by atoms with Crippen LogP contribution in [0.5, 0.6) is 5.75 Å². The molecule has 1 fully saturated rings. The van der Waals surface area contributed by atoms with Gasteiger partial charge in [-0.25, -0.2) is 8.42 Å². The molecule has 34 heavy (non-hydrogen) atoms. The maximum absolute atomic E-state index is 13.4. The number of ether oxygens (including phenoxy) is 1. The molecule has 1 N–H and O–H groups in total. The summed E-state index contributed by atoms with van der Waals surface area (Å²) in [5.74, 6) is 0.0433. The summed E-state index contributed by atoms with van der Waals surface area (Å²) in [4.78, 5) is 13.6. The Morgan fingerprint density at radius 2 is 1.68 bits per heavy atom. The third kappa shape index (κ3) is 5.16. The summed E-state index contributed by atoms with van der Waals surface area (Å²) in [7, 11) is -2.16. The summed E-state index contributed by atoms with van der Waals surface area (Å²) >= 11 is 0. The number of hydrogen-bond acceptors (Lipinski definition) is 4. The van der Waals surface area contributed by atoms with Gasteiger partial charge in [0.15, 0.2) is 0 Å². The van der Waals surface area contributed by atoms with Gasteiger partial charge in [-0.15, -0.1) is 0 Å². The van der Waals surface area contributed by atoms with E-state index in [0.717, 1.165) is 16.7 Å². The Kier molecular flexibility index (Phi) is 7.34. The standard InChI is InChI=1S/C27H30N2O4S/c1-20-9-6-7-13-25(20)26(21-10-4-3-5-11-21)28-27(30)22-12-8-18-29(19-22)34(31,32)24-16-14-23(33-2)15-17-24/h3-7,9-11,13-17,22,26H,8,12,18-19H2,1-2H3,(H,28,30)/t22-,26-/m1/s1. The lowest BCUT2D eigenvalue weighted by molar-refractivity contribution is -0.126. The molecule has 7 heteroatoms. The Hall–Kier alpha value is -3.16. The molecule has 0 saturated carbocycles. The molecule has 1 amide bonds. The number of carbonyl (C=O) groups is 1. The molecule has 4 rings (SSSR count). The highest BCUT2D eigenvalue weighted by Crippen LogP contribution is 2.28. The van der Waals surface area contributed by atoms with Crippen molar-refractivity contribution in [3.8, 4) is 5.75 Å². The highest BCUT2D eigenvalue weighted by atomic mass is 32.2. The lowest BCUT2D eigenvalue weighted by atomic mass is 9.93. The minimum Gasteiger partial charge on any atom is -0.497 e. The molecular weight excluding hydrogens is 448 g/mol. The lowest BCUT2D eigenvalue weighted by Crippen LogP contribution is -2.46. The minimum absolute atomic E-state index is 0.133. The fourth-order valence-electron chi connectivity index (χ4n) is 4.43. The second kappa shape index (κ2) is 10.4. The smallest absolute Gasteiger partial charge is 0.243 e. The highest BCUT2D eigenvalue weighted by molar-refractivity contribution is 7.89. The molecule has 0 spiro atoms. The van der Waals surface area contributed by atoms with Crippen molar-refractivity contribution in [1.82, 2.24) is 9.62 Å². The molecular formula is C27H30N2O4S. The van der Waals surface area contributed by atoms with Crippen LogP contribution < -0.4 is 10.1 Å². The van der Waals surface area contributed by atoms with Crippen molar-refractivity contribution in [3.05, 3.63) is 95.6 Å². The predicted molar refractivity (Wildman–Crippen MR) is 132 cm³/mol. The zero-order chi connectivity index (χ0) is 24.1. The van der Waals surface area contributed by atoms with Gasteiger partial charge < -0.3 is 10.1 Å². The predicted octanol–water partition coefficient (Wildman–Crippen LogP) is 4.31. The van der Waals surface area contributed by atoms with Gasteiger partial charge in [0.1, 0.15) is 5.75 Å². The molecule has 6 nitrogen and oxygen atoms in total. The quantitative estimate of drug-likeness (QED) is 0.549. The first-order chi connectivity index (χ1) is 16.4. The van der Waals surface area contributed by atoms with Gasteiger partial charge in [-0.2, -0.15) is 4.31 Å². The molecule has 0 aromatic heterocycles. The van der Waals surface area contributed by atoms with Crippen molar-refractivity contribution >= 4 is 15.9 Å². The molecule has 2 atom stereocenters. The first-order valence-corrected chi connectivity index (χ1v) is 12.9. The number of aryl methyl sites for hydroxylation is 1. The summed E-state index contributed by atoms with van der Waals surface area (Å²) in [6, 6.07) is 23.9. The fourth-order valence-corrected chi connectivity index (χ4v) is 5.95. The second-order valence-corrected chi connectivity index (χ2v) is 10.5. The zero-order valence-electron chi connectivity index (χ0n) is 19.5. The van der Waals surface area contributed by atoms with Crippen LogP contribution in [0.3, 0.4) is 0 Å². The van der Waals surface area contributed by atoms with Crippen LogP contribution in [-0.2, 0) is 14.8 Å². The summed E-state index contributed by atoms with van der Waals surface area (Å²) < 4.78 is 33.0. The van der Waals surface area contributed by atoms with Crippen molar-refractivity contribution in [2.75, 3.05) is 20.2 Å². The van der Waals surface area contributed by atoms with Crippen LogP contribution in [0, 0.1) is 12.8 Å². The number of rotatable bonds is 7. The van der Waals surface area contributed by atoms with Crippen LogP contribution in [0.1, 0.15) is 35.6 Å². The number of hydrogen-bond donors (Lipinski definition) is 1. The number of methoxy groups -OCH3 is 1. The molecule has 178 valence electrons.